The van der Waals surface area contributed by atoms with E-state index in [9.17, 15) is 14.9 Å². The Morgan fingerprint density at radius 2 is 1.97 bits per heavy atom. The van der Waals surface area contributed by atoms with Gasteiger partial charge in [0.2, 0.25) is 0 Å². The summed E-state index contributed by atoms with van der Waals surface area (Å²) in [6.45, 7) is 7.06. The summed E-state index contributed by atoms with van der Waals surface area (Å²) in [7, 11) is 0. The van der Waals surface area contributed by atoms with Crippen LogP contribution in [0.15, 0.2) is 48.5 Å². The van der Waals surface area contributed by atoms with Gasteiger partial charge in [-0.25, -0.2) is 4.79 Å². The maximum absolute atomic E-state index is 12.0. The Morgan fingerprint density at radius 3 is 2.69 bits per heavy atom. The molecule has 152 valence electrons. The number of hydrogen-bond donors (Lipinski definition) is 1. The van der Waals surface area contributed by atoms with Crippen LogP contribution in [-0.2, 0) is 11.2 Å². The molecule has 2 aliphatic heterocycles. The van der Waals surface area contributed by atoms with Gasteiger partial charge in [0.25, 0.3) is 5.69 Å². The fourth-order valence-electron chi connectivity index (χ4n) is 3.14. The van der Waals surface area contributed by atoms with Gasteiger partial charge in [-0.2, -0.15) is 0 Å². The van der Waals surface area contributed by atoms with E-state index in [1.54, 1.807) is 17.0 Å². The number of carbonyl (C=O) groups excluding carboxylic acids is 1. The first-order chi connectivity index (χ1) is 13.7. The minimum Gasteiger partial charge on any atom is -0.443 e. The summed E-state index contributed by atoms with van der Waals surface area (Å²) in [5, 5.41) is 13.5. The van der Waals surface area contributed by atoms with Crippen LogP contribution in [0.25, 0.3) is 6.08 Å². The molecule has 1 N–H and O–H groups in total. The number of fused-ring (bicyclic) bond motifs is 2. The van der Waals surface area contributed by atoms with Gasteiger partial charge in [-0.3, -0.25) is 15.0 Å². The van der Waals surface area contributed by atoms with Crippen molar-refractivity contribution in [2.75, 3.05) is 23.3 Å². The van der Waals surface area contributed by atoms with Gasteiger partial charge < -0.3 is 10.1 Å². The molecule has 0 aromatic heterocycles. The highest BCUT2D eigenvalue weighted by atomic mass is 16.6. The van der Waals surface area contributed by atoms with Gasteiger partial charge >= 0.3 is 6.09 Å². The van der Waals surface area contributed by atoms with E-state index in [2.05, 4.69) is 5.32 Å². The number of anilines is 2. The van der Waals surface area contributed by atoms with Crippen molar-refractivity contribution in [2.24, 2.45) is 0 Å². The largest absolute Gasteiger partial charge is 0.443 e. The predicted octanol–water partition coefficient (Wildman–Crippen LogP) is 5.02. The van der Waals surface area contributed by atoms with Crippen LogP contribution in [0.4, 0.5) is 21.9 Å². The zero-order chi connectivity index (χ0) is 21.0. The molecule has 2 heterocycles. The lowest BCUT2D eigenvalue weighted by Gasteiger charge is -2.29. The Hall–Kier alpha value is -3.35. The van der Waals surface area contributed by atoms with E-state index < -0.39 is 5.60 Å². The Morgan fingerprint density at radius 1 is 1.21 bits per heavy atom. The maximum atomic E-state index is 12.0. The molecule has 7 heteroatoms. The van der Waals surface area contributed by atoms with E-state index in [0.717, 1.165) is 29.9 Å². The zero-order valence-electron chi connectivity index (χ0n) is 16.8. The highest BCUT2D eigenvalue weighted by molar-refractivity contribution is 5.92. The van der Waals surface area contributed by atoms with Gasteiger partial charge in [0.05, 0.1) is 10.6 Å². The second kappa shape index (κ2) is 8.34. The number of nitrogens with zero attached hydrogens (tertiary/aromatic N) is 2. The van der Waals surface area contributed by atoms with Crippen molar-refractivity contribution >= 4 is 29.2 Å². The minimum atomic E-state index is -0.465. The first-order valence-electron chi connectivity index (χ1n) is 9.52. The monoisotopic (exact) mass is 395 g/mol. The Bertz CT molecular complexity index is 947. The van der Waals surface area contributed by atoms with Crippen LogP contribution < -0.4 is 10.2 Å². The number of nitro benzene ring substituents is 1. The average molecular weight is 395 g/mol. The highest BCUT2D eigenvalue weighted by Gasteiger charge is 2.25. The molecule has 0 unspecified atom stereocenters. The predicted molar refractivity (Wildman–Crippen MR) is 114 cm³/mol. The number of para-hydroxylation sites is 1. The molecule has 2 aromatic rings. The standard InChI is InChI=1S/C14H17NO2.C8H8N2O2/c1-14(2,3)17-13(16)15-10-6-8-11-7-4-5-9-12(11)15;11-10(12)7-2-1-6-3-4-9-8(6)5-7/h4-9H,10H2,1-3H3;1-2,5,9H,3-4H2. The molecule has 0 saturated heterocycles. The zero-order valence-corrected chi connectivity index (χ0v) is 16.8. The third-order valence-corrected chi connectivity index (χ3v) is 4.44. The number of hydrogen-bond acceptors (Lipinski definition) is 5. The smallest absolute Gasteiger partial charge is 0.415 e. The minimum absolute atomic E-state index is 0.156. The summed E-state index contributed by atoms with van der Waals surface area (Å²) >= 11 is 0. The SMILES string of the molecule is CC(C)(C)OC(=O)N1CC=Cc2ccccc21.O=[N+]([O-])c1ccc2c(c1)NCC2. The van der Waals surface area contributed by atoms with Crippen molar-refractivity contribution in [3.8, 4) is 0 Å². The number of nitrogens with one attached hydrogen (secondary N) is 1. The molecule has 0 spiro atoms. The summed E-state index contributed by atoms with van der Waals surface area (Å²) < 4.78 is 5.39. The summed E-state index contributed by atoms with van der Waals surface area (Å²) in [4.78, 5) is 23.7. The van der Waals surface area contributed by atoms with Gasteiger partial charge in [0, 0.05) is 30.9 Å². The van der Waals surface area contributed by atoms with Crippen LogP contribution in [0.1, 0.15) is 31.9 Å². The first-order valence-corrected chi connectivity index (χ1v) is 9.52. The van der Waals surface area contributed by atoms with E-state index in [4.69, 9.17) is 4.74 Å². The topological polar surface area (TPSA) is 84.7 Å². The van der Waals surface area contributed by atoms with Crippen molar-refractivity contribution in [1.29, 1.82) is 0 Å². The summed E-state index contributed by atoms with van der Waals surface area (Å²) in [6.07, 6.45) is 4.66. The lowest BCUT2D eigenvalue weighted by Crippen LogP contribution is -2.38. The van der Waals surface area contributed by atoms with Gasteiger partial charge in [-0.15, -0.1) is 0 Å². The quantitative estimate of drug-likeness (QED) is 0.541. The second-order valence-corrected chi connectivity index (χ2v) is 7.83. The molecule has 0 bridgehead atoms. The van der Waals surface area contributed by atoms with Crippen LogP contribution in [0.3, 0.4) is 0 Å². The highest BCUT2D eigenvalue weighted by Crippen LogP contribution is 2.27. The van der Waals surface area contributed by atoms with Gasteiger partial charge in [-0.1, -0.05) is 36.4 Å². The number of nitro groups is 1. The molecule has 0 aliphatic carbocycles. The molecule has 0 fully saturated rings. The molecule has 1 amide bonds. The van der Waals surface area contributed by atoms with E-state index in [0.29, 0.717) is 6.54 Å². The van der Waals surface area contributed by atoms with E-state index in [-0.39, 0.29) is 16.7 Å². The molecule has 0 saturated carbocycles. The van der Waals surface area contributed by atoms with Crippen molar-refractivity contribution in [3.05, 3.63) is 69.8 Å². The molecular weight excluding hydrogens is 370 g/mol. The number of amides is 1. The molecule has 2 aliphatic rings. The van der Waals surface area contributed by atoms with Crippen molar-refractivity contribution in [3.63, 3.8) is 0 Å². The number of ether oxygens (including phenoxy) is 1. The molecule has 7 nitrogen and oxygen atoms in total. The fourth-order valence-corrected chi connectivity index (χ4v) is 3.14. The van der Waals surface area contributed by atoms with E-state index in [1.807, 2.05) is 63.3 Å². The Kier molecular flexibility index (Phi) is 5.87. The van der Waals surface area contributed by atoms with Crippen LogP contribution in [0.5, 0.6) is 0 Å². The lowest BCUT2D eigenvalue weighted by atomic mass is 10.1. The van der Waals surface area contributed by atoms with Crippen LogP contribution in [0.2, 0.25) is 0 Å². The maximum Gasteiger partial charge on any atom is 0.415 e. The Labute approximate surface area is 170 Å². The van der Waals surface area contributed by atoms with Gasteiger partial charge in [-0.05, 0) is 44.4 Å². The van der Waals surface area contributed by atoms with Crippen molar-refractivity contribution in [1.82, 2.24) is 0 Å². The van der Waals surface area contributed by atoms with Crippen LogP contribution in [0, 0.1) is 10.1 Å². The normalized spacial score (nSPS) is 14.1. The number of benzene rings is 2. The van der Waals surface area contributed by atoms with Crippen LogP contribution >= 0.6 is 0 Å². The molecule has 4 rings (SSSR count). The van der Waals surface area contributed by atoms with Gasteiger partial charge in [0.15, 0.2) is 0 Å². The first kappa shape index (κ1) is 20.4. The van der Waals surface area contributed by atoms with Crippen molar-refractivity contribution in [2.45, 2.75) is 32.8 Å². The summed E-state index contributed by atoms with van der Waals surface area (Å²) in [5.41, 5.74) is 3.72. The molecule has 0 atom stereocenters. The molecular formula is C22H25N3O4. The Balaban J connectivity index is 0.000000176. The number of rotatable bonds is 1. The third kappa shape index (κ3) is 5.13. The average Bonchev–Trinajstić information content (AvgIpc) is 3.14. The molecule has 0 radical (unpaired) electrons. The van der Waals surface area contributed by atoms with Crippen LogP contribution in [-0.4, -0.2) is 29.7 Å². The second-order valence-electron chi connectivity index (χ2n) is 7.83. The van der Waals surface area contributed by atoms with E-state index in [1.165, 1.54) is 5.56 Å². The third-order valence-electron chi connectivity index (χ3n) is 4.44. The lowest BCUT2D eigenvalue weighted by molar-refractivity contribution is -0.384. The number of carbonyl (C=O) groups is 1. The summed E-state index contributed by atoms with van der Waals surface area (Å²) in [6, 6.07) is 12.8. The molecule has 29 heavy (non-hydrogen) atoms. The fraction of sp³-hybridized carbons (Fsp3) is 0.318. The molecule has 2 aromatic carbocycles. The van der Waals surface area contributed by atoms with Gasteiger partial charge in [0.1, 0.15) is 5.60 Å². The van der Waals surface area contributed by atoms with E-state index >= 15 is 0 Å². The number of non-ortho nitro benzene ring substituents is 1. The summed E-state index contributed by atoms with van der Waals surface area (Å²) in [5.74, 6) is 0. The van der Waals surface area contributed by atoms with Crippen molar-refractivity contribution < 1.29 is 14.5 Å².